The van der Waals surface area contributed by atoms with Crippen LogP contribution in [-0.4, -0.2) is 24.9 Å². The van der Waals surface area contributed by atoms with E-state index in [1.54, 1.807) is 14.2 Å². The van der Waals surface area contributed by atoms with E-state index >= 15 is 0 Å². The normalized spacial score (nSPS) is 19.0. The fourth-order valence-corrected chi connectivity index (χ4v) is 4.77. The Kier molecular flexibility index (Phi) is 5.55. The average molecular weight is 493 g/mol. The number of rotatable bonds is 5. The van der Waals surface area contributed by atoms with E-state index < -0.39 is 6.23 Å². The van der Waals surface area contributed by atoms with E-state index in [0.29, 0.717) is 5.75 Å². The van der Waals surface area contributed by atoms with Crippen LogP contribution in [0.5, 0.6) is 17.2 Å². The van der Waals surface area contributed by atoms with Gasteiger partial charge in [-0.1, -0.05) is 47.1 Å². The standard InChI is InChI=1S/C26H25BrN2O3/c1-4-16-5-7-17(8-6-16)22-15-23-21-13-18(27)9-12-24(21)32-26(29(23)28-22)20-11-10-19(30-2)14-25(20)31-3/h5-14,23,26H,4,15H2,1-3H3/t23-,26+/m0/s1. The number of benzene rings is 3. The molecule has 2 aliphatic rings. The summed E-state index contributed by atoms with van der Waals surface area (Å²) in [6, 6.07) is 20.7. The maximum atomic E-state index is 6.50. The van der Waals surface area contributed by atoms with Crippen molar-refractivity contribution >= 4 is 21.6 Å². The Hall–Kier alpha value is -2.99. The van der Waals surface area contributed by atoms with Gasteiger partial charge in [0.1, 0.15) is 17.2 Å². The van der Waals surface area contributed by atoms with Crippen molar-refractivity contribution in [2.45, 2.75) is 32.0 Å². The first-order valence-electron chi connectivity index (χ1n) is 10.7. The fraction of sp³-hybridized carbons (Fsp3) is 0.269. The van der Waals surface area contributed by atoms with E-state index in [1.807, 2.05) is 30.3 Å². The maximum Gasteiger partial charge on any atom is 0.217 e. The number of halogens is 1. The Morgan fingerprint density at radius 2 is 1.81 bits per heavy atom. The zero-order valence-electron chi connectivity index (χ0n) is 18.3. The summed E-state index contributed by atoms with van der Waals surface area (Å²) in [6.07, 6.45) is 1.44. The van der Waals surface area contributed by atoms with Crippen LogP contribution in [-0.2, 0) is 6.42 Å². The lowest BCUT2D eigenvalue weighted by Crippen LogP contribution is -2.34. The van der Waals surface area contributed by atoms with Gasteiger partial charge in [0.25, 0.3) is 0 Å². The summed E-state index contributed by atoms with van der Waals surface area (Å²) in [5, 5.41) is 7.13. The highest BCUT2D eigenvalue weighted by Gasteiger charge is 2.42. The second kappa shape index (κ2) is 8.51. The van der Waals surface area contributed by atoms with Crippen LogP contribution in [0, 0.1) is 0 Å². The van der Waals surface area contributed by atoms with Gasteiger partial charge in [0, 0.05) is 22.5 Å². The molecule has 0 aromatic heterocycles. The van der Waals surface area contributed by atoms with E-state index in [9.17, 15) is 0 Å². The van der Waals surface area contributed by atoms with E-state index in [2.05, 4.69) is 58.2 Å². The molecule has 0 saturated carbocycles. The van der Waals surface area contributed by atoms with Crippen LogP contribution in [0.2, 0.25) is 0 Å². The Morgan fingerprint density at radius 1 is 1.00 bits per heavy atom. The summed E-state index contributed by atoms with van der Waals surface area (Å²) < 4.78 is 18.6. The quantitative estimate of drug-likeness (QED) is 0.420. The average Bonchev–Trinajstić information content (AvgIpc) is 3.29. The molecule has 0 bridgehead atoms. The molecule has 164 valence electrons. The van der Waals surface area contributed by atoms with Crippen LogP contribution < -0.4 is 14.2 Å². The maximum absolute atomic E-state index is 6.50. The lowest BCUT2D eigenvalue weighted by atomic mass is 9.95. The number of ether oxygens (including phenoxy) is 3. The van der Waals surface area contributed by atoms with Crippen LogP contribution in [0.1, 0.15) is 47.9 Å². The summed E-state index contributed by atoms with van der Waals surface area (Å²) in [6.45, 7) is 2.17. The summed E-state index contributed by atoms with van der Waals surface area (Å²) in [7, 11) is 3.31. The summed E-state index contributed by atoms with van der Waals surface area (Å²) in [5.74, 6) is 2.32. The number of hydrazone groups is 1. The van der Waals surface area contributed by atoms with Crippen molar-refractivity contribution in [2.75, 3.05) is 14.2 Å². The minimum absolute atomic E-state index is 0.0777. The first-order chi connectivity index (χ1) is 15.6. The number of methoxy groups -OCH3 is 2. The Bertz CT molecular complexity index is 1180. The molecule has 0 radical (unpaired) electrons. The van der Waals surface area contributed by atoms with E-state index in [1.165, 1.54) is 5.56 Å². The third-order valence-electron chi connectivity index (χ3n) is 6.15. The second-order valence-corrected chi connectivity index (χ2v) is 8.87. The van der Waals surface area contributed by atoms with Crippen molar-refractivity contribution in [2.24, 2.45) is 5.10 Å². The smallest absolute Gasteiger partial charge is 0.217 e. The highest BCUT2D eigenvalue weighted by molar-refractivity contribution is 9.10. The van der Waals surface area contributed by atoms with Crippen molar-refractivity contribution < 1.29 is 14.2 Å². The van der Waals surface area contributed by atoms with Gasteiger partial charge in [0.05, 0.1) is 31.5 Å². The highest BCUT2D eigenvalue weighted by Crippen LogP contribution is 2.49. The van der Waals surface area contributed by atoms with Gasteiger partial charge in [-0.15, -0.1) is 0 Å². The predicted octanol–water partition coefficient (Wildman–Crippen LogP) is 6.27. The van der Waals surface area contributed by atoms with Crippen LogP contribution in [0.15, 0.2) is 70.2 Å². The third-order valence-corrected chi connectivity index (χ3v) is 6.65. The molecule has 3 aromatic rings. The van der Waals surface area contributed by atoms with Gasteiger partial charge < -0.3 is 14.2 Å². The number of aryl methyl sites for hydroxylation is 1. The molecule has 0 saturated heterocycles. The topological polar surface area (TPSA) is 43.3 Å². The van der Waals surface area contributed by atoms with Gasteiger partial charge in [-0.05, 0) is 47.9 Å². The van der Waals surface area contributed by atoms with Gasteiger partial charge in [-0.25, -0.2) is 5.01 Å². The van der Waals surface area contributed by atoms with Gasteiger partial charge >= 0.3 is 0 Å². The summed E-state index contributed by atoms with van der Waals surface area (Å²) in [5.41, 5.74) is 5.58. The van der Waals surface area contributed by atoms with Gasteiger partial charge in [0.15, 0.2) is 0 Å². The molecule has 2 aliphatic heterocycles. The molecule has 0 fully saturated rings. The first kappa shape index (κ1) is 20.9. The SMILES string of the molecule is CCc1ccc(C2=NN3[C@@H](c4ccc(OC)cc4OC)Oc4ccc(Br)cc4[C@@H]3C2)cc1. The molecule has 0 N–H and O–H groups in total. The Balaban J connectivity index is 1.60. The summed E-state index contributed by atoms with van der Waals surface area (Å²) in [4.78, 5) is 0. The molecule has 32 heavy (non-hydrogen) atoms. The Morgan fingerprint density at radius 3 is 2.53 bits per heavy atom. The van der Waals surface area contributed by atoms with Crippen molar-refractivity contribution in [3.63, 3.8) is 0 Å². The lowest BCUT2D eigenvalue weighted by Gasteiger charge is -2.38. The molecule has 2 atom stereocenters. The van der Waals surface area contributed by atoms with Crippen molar-refractivity contribution in [3.8, 4) is 17.2 Å². The largest absolute Gasteiger partial charge is 0.497 e. The van der Waals surface area contributed by atoms with E-state index in [4.69, 9.17) is 19.3 Å². The number of fused-ring (bicyclic) bond motifs is 3. The molecule has 6 heteroatoms. The van der Waals surface area contributed by atoms with Crippen LogP contribution in [0.3, 0.4) is 0 Å². The number of hydrogen-bond acceptors (Lipinski definition) is 5. The summed E-state index contributed by atoms with van der Waals surface area (Å²) >= 11 is 3.62. The molecule has 3 aromatic carbocycles. The molecule has 0 amide bonds. The number of nitrogens with zero attached hydrogens (tertiary/aromatic N) is 2. The minimum atomic E-state index is -0.401. The van der Waals surface area contributed by atoms with Crippen molar-refractivity contribution in [1.29, 1.82) is 0 Å². The monoisotopic (exact) mass is 492 g/mol. The molecule has 0 spiro atoms. The third kappa shape index (κ3) is 3.62. The van der Waals surface area contributed by atoms with E-state index in [-0.39, 0.29) is 6.04 Å². The molecular formula is C26H25BrN2O3. The second-order valence-electron chi connectivity index (χ2n) is 7.96. The van der Waals surface area contributed by atoms with Crippen molar-refractivity contribution in [3.05, 3.63) is 87.4 Å². The van der Waals surface area contributed by atoms with Gasteiger partial charge in [-0.3, -0.25) is 0 Å². The first-order valence-corrected chi connectivity index (χ1v) is 11.5. The zero-order chi connectivity index (χ0) is 22.2. The Labute approximate surface area is 196 Å². The predicted molar refractivity (Wildman–Crippen MR) is 129 cm³/mol. The molecule has 5 nitrogen and oxygen atoms in total. The zero-order valence-corrected chi connectivity index (χ0v) is 19.9. The molecular weight excluding hydrogens is 468 g/mol. The lowest BCUT2D eigenvalue weighted by molar-refractivity contribution is -0.0204. The molecule has 0 aliphatic carbocycles. The van der Waals surface area contributed by atoms with Crippen LogP contribution in [0.25, 0.3) is 0 Å². The highest BCUT2D eigenvalue weighted by atomic mass is 79.9. The van der Waals surface area contributed by atoms with Gasteiger partial charge in [-0.2, -0.15) is 5.10 Å². The van der Waals surface area contributed by atoms with Crippen molar-refractivity contribution in [1.82, 2.24) is 5.01 Å². The number of hydrogen-bond donors (Lipinski definition) is 0. The molecule has 5 rings (SSSR count). The fourth-order valence-electron chi connectivity index (χ4n) is 4.39. The van der Waals surface area contributed by atoms with Crippen LogP contribution in [0.4, 0.5) is 0 Å². The van der Waals surface area contributed by atoms with Crippen LogP contribution >= 0.6 is 15.9 Å². The molecule has 0 unspecified atom stereocenters. The van der Waals surface area contributed by atoms with E-state index in [0.717, 1.165) is 51.2 Å². The minimum Gasteiger partial charge on any atom is -0.497 e. The van der Waals surface area contributed by atoms with Gasteiger partial charge in [0.2, 0.25) is 6.23 Å². The molecule has 2 heterocycles.